The first-order chi connectivity index (χ1) is 11.4. The Hall–Kier alpha value is -2.04. The Morgan fingerprint density at radius 3 is 2.42 bits per heavy atom. The molecule has 1 heterocycles. The van der Waals surface area contributed by atoms with Crippen LogP contribution in [0.3, 0.4) is 0 Å². The molecule has 0 unspecified atom stereocenters. The number of amides is 1. The average molecular weight is 356 g/mol. The number of carbonyl (C=O) groups excluding carboxylic acids is 1. The summed E-state index contributed by atoms with van der Waals surface area (Å²) in [5.41, 5.74) is -0.178. The number of rotatable bonds is 7. The molecule has 3 N–H and O–H groups in total. The third-order valence-corrected chi connectivity index (χ3v) is 5.26. The molecule has 0 spiro atoms. The predicted molar refractivity (Wildman–Crippen MR) is 86.9 cm³/mol. The lowest BCUT2D eigenvalue weighted by molar-refractivity contribution is -0.384. The van der Waals surface area contributed by atoms with Gasteiger partial charge in [-0.05, 0) is 38.1 Å². The summed E-state index contributed by atoms with van der Waals surface area (Å²) >= 11 is 0. The zero-order chi connectivity index (χ0) is 17.6. The second-order valence-corrected chi connectivity index (χ2v) is 7.23. The Morgan fingerprint density at radius 2 is 1.83 bits per heavy atom. The zero-order valence-corrected chi connectivity index (χ0v) is 13.8. The molecule has 0 radical (unpaired) electrons. The van der Waals surface area contributed by atoms with E-state index < -0.39 is 14.9 Å². The molecule has 0 bridgehead atoms. The van der Waals surface area contributed by atoms with Crippen molar-refractivity contribution in [3.63, 3.8) is 0 Å². The number of nitro groups is 1. The number of carbonyl (C=O) groups is 1. The van der Waals surface area contributed by atoms with E-state index in [0.717, 1.165) is 38.1 Å². The van der Waals surface area contributed by atoms with Crippen LogP contribution in [0.1, 0.15) is 12.8 Å². The number of nitro benzene ring substituents is 1. The minimum atomic E-state index is -3.76. The van der Waals surface area contributed by atoms with Gasteiger partial charge in [-0.25, -0.2) is 13.1 Å². The van der Waals surface area contributed by atoms with Gasteiger partial charge in [-0.15, -0.1) is 0 Å². The molecule has 0 aliphatic carbocycles. The molecule has 1 saturated heterocycles. The fraction of sp³-hybridized carbons (Fsp3) is 0.500. The molecule has 24 heavy (non-hydrogen) atoms. The minimum Gasteiger partial charge on any atom is -0.355 e. The van der Waals surface area contributed by atoms with Crippen molar-refractivity contribution in [2.75, 3.05) is 26.2 Å². The average Bonchev–Trinajstić information content (AvgIpc) is 2.59. The maximum absolute atomic E-state index is 12.1. The van der Waals surface area contributed by atoms with Gasteiger partial charge in [0.15, 0.2) is 0 Å². The minimum absolute atomic E-state index is 0.0301. The topological polar surface area (TPSA) is 130 Å². The van der Waals surface area contributed by atoms with Crippen molar-refractivity contribution in [3.05, 3.63) is 34.4 Å². The smallest absolute Gasteiger partial charge is 0.269 e. The van der Waals surface area contributed by atoms with Crippen LogP contribution in [0.15, 0.2) is 29.2 Å². The molecule has 0 saturated carbocycles. The molecule has 2 rings (SSSR count). The molecular formula is C14H20N4O5S. The van der Waals surface area contributed by atoms with Gasteiger partial charge in [0.05, 0.1) is 9.82 Å². The third-order valence-electron chi connectivity index (χ3n) is 3.78. The van der Waals surface area contributed by atoms with E-state index in [9.17, 15) is 23.3 Å². The van der Waals surface area contributed by atoms with Crippen LogP contribution in [0.2, 0.25) is 0 Å². The van der Waals surface area contributed by atoms with E-state index >= 15 is 0 Å². The van der Waals surface area contributed by atoms with Gasteiger partial charge in [0, 0.05) is 31.1 Å². The summed E-state index contributed by atoms with van der Waals surface area (Å²) in [7, 11) is -3.76. The summed E-state index contributed by atoms with van der Waals surface area (Å²) in [6, 6.07) is 4.61. The Morgan fingerprint density at radius 1 is 1.21 bits per heavy atom. The Bertz CT molecular complexity index is 684. The van der Waals surface area contributed by atoms with Crippen molar-refractivity contribution in [1.29, 1.82) is 0 Å². The van der Waals surface area contributed by atoms with Gasteiger partial charge in [0.2, 0.25) is 15.9 Å². The zero-order valence-electron chi connectivity index (χ0n) is 13.0. The number of piperidine rings is 1. The monoisotopic (exact) mass is 356 g/mol. The predicted octanol–water partition coefficient (Wildman–Crippen LogP) is -0.0111. The highest BCUT2D eigenvalue weighted by Gasteiger charge is 2.20. The third kappa shape index (κ3) is 4.98. The molecule has 0 aromatic heterocycles. The number of non-ortho nitro benzene ring substituents is 1. The van der Waals surface area contributed by atoms with Crippen molar-refractivity contribution in [1.82, 2.24) is 15.4 Å². The van der Waals surface area contributed by atoms with Crippen LogP contribution in [0.4, 0.5) is 5.69 Å². The normalized spacial score (nSPS) is 15.8. The van der Waals surface area contributed by atoms with E-state index in [1.807, 2.05) is 0 Å². The summed E-state index contributed by atoms with van der Waals surface area (Å²) in [6.45, 7) is 1.86. The van der Waals surface area contributed by atoms with E-state index in [-0.39, 0.29) is 35.5 Å². The van der Waals surface area contributed by atoms with Crippen molar-refractivity contribution in [3.8, 4) is 0 Å². The SMILES string of the molecule is O=C(NCCNS(=O)(=O)c1ccc([N+](=O)[O-])cc1)C1CCNCC1. The summed E-state index contributed by atoms with van der Waals surface area (Å²) in [4.78, 5) is 21.8. The lowest BCUT2D eigenvalue weighted by Gasteiger charge is -2.21. The molecule has 1 aromatic rings. The summed E-state index contributed by atoms with van der Waals surface area (Å²) in [5, 5.41) is 16.5. The molecule has 1 aromatic carbocycles. The van der Waals surface area contributed by atoms with Gasteiger partial charge in [-0.1, -0.05) is 0 Å². The lowest BCUT2D eigenvalue weighted by Crippen LogP contribution is -2.41. The van der Waals surface area contributed by atoms with Gasteiger partial charge >= 0.3 is 0 Å². The molecule has 9 nitrogen and oxygen atoms in total. The molecule has 1 amide bonds. The van der Waals surface area contributed by atoms with Crippen LogP contribution >= 0.6 is 0 Å². The first kappa shape index (κ1) is 18.3. The molecule has 1 aliphatic heterocycles. The van der Waals surface area contributed by atoms with Gasteiger partial charge in [-0.3, -0.25) is 14.9 Å². The Balaban J connectivity index is 1.80. The number of nitrogens with zero attached hydrogens (tertiary/aromatic N) is 1. The van der Waals surface area contributed by atoms with Crippen LogP contribution in [-0.4, -0.2) is 45.4 Å². The highest BCUT2D eigenvalue weighted by molar-refractivity contribution is 7.89. The van der Waals surface area contributed by atoms with Crippen molar-refractivity contribution >= 4 is 21.6 Å². The fourth-order valence-corrected chi connectivity index (χ4v) is 3.46. The van der Waals surface area contributed by atoms with Crippen LogP contribution < -0.4 is 15.4 Å². The van der Waals surface area contributed by atoms with E-state index in [1.54, 1.807) is 0 Å². The summed E-state index contributed by atoms with van der Waals surface area (Å²) in [5.74, 6) is -0.0939. The van der Waals surface area contributed by atoms with E-state index in [1.165, 1.54) is 12.1 Å². The van der Waals surface area contributed by atoms with Crippen molar-refractivity contribution in [2.24, 2.45) is 5.92 Å². The van der Waals surface area contributed by atoms with Crippen molar-refractivity contribution < 1.29 is 18.1 Å². The number of nitrogens with one attached hydrogen (secondary N) is 3. The number of hydrogen-bond donors (Lipinski definition) is 3. The quantitative estimate of drug-likeness (QED) is 0.358. The van der Waals surface area contributed by atoms with E-state index in [0.29, 0.717) is 0 Å². The fourth-order valence-electron chi connectivity index (χ4n) is 2.43. The Labute approximate surface area is 140 Å². The molecule has 1 aliphatic rings. The van der Waals surface area contributed by atoms with Gasteiger partial charge in [0.1, 0.15) is 0 Å². The van der Waals surface area contributed by atoms with Gasteiger partial charge in [-0.2, -0.15) is 0 Å². The number of sulfonamides is 1. The van der Waals surface area contributed by atoms with Gasteiger partial charge < -0.3 is 10.6 Å². The van der Waals surface area contributed by atoms with E-state index in [2.05, 4.69) is 15.4 Å². The molecule has 0 atom stereocenters. The summed E-state index contributed by atoms with van der Waals surface area (Å²) < 4.78 is 26.5. The van der Waals surface area contributed by atoms with Crippen LogP contribution in [0.5, 0.6) is 0 Å². The molecule has 1 fully saturated rings. The molecule has 10 heteroatoms. The Kier molecular flexibility index (Phi) is 6.23. The van der Waals surface area contributed by atoms with E-state index in [4.69, 9.17) is 0 Å². The second-order valence-electron chi connectivity index (χ2n) is 5.46. The highest BCUT2D eigenvalue weighted by atomic mass is 32.2. The number of benzene rings is 1. The highest BCUT2D eigenvalue weighted by Crippen LogP contribution is 2.15. The number of hydrogen-bond acceptors (Lipinski definition) is 6. The standard InChI is InChI=1S/C14H20N4O5S/c19-14(11-5-7-15-8-6-11)16-9-10-17-24(22,23)13-3-1-12(2-4-13)18(20)21/h1-4,11,15,17H,5-10H2,(H,16,19). The first-order valence-electron chi connectivity index (χ1n) is 7.63. The first-order valence-corrected chi connectivity index (χ1v) is 9.11. The maximum atomic E-state index is 12.1. The largest absolute Gasteiger partial charge is 0.355 e. The van der Waals surface area contributed by atoms with Crippen molar-refractivity contribution in [2.45, 2.75) is 17.7 Å². The molecule has 132 valence electrons. The summed E-state index contributed by atoms with van der Waals surface area (Å²) in [6.07, 6.45) is 1.56. The second kappa shape index (κ2) is 8.18. The van der Waals surface area contributed by atoms with Crippen LogP contribution in [0.25, 0.3) is 0 Å². The van der Waals surface area contributed by atoms with Crippen LogP contribution in [-0.2, 0) is 14.8 Å². The molecular weight excluding hydrogens is 336 g/mol. The lowest BCUT2D eigenvalue weighted by atomic mass is 9.97. The maximum Gasteiger partial charge on any atom is 0.269 e. The van der Waals surface area contributed by atoms with Gasteiger partial charge in [0.25, 0.3) is 5.69 Å². The van der Waals surface area contributed by atoms with Crippen LogP contribution in [0, 0.1) is 16.0 Å².